The van der Waals surface area contributed by atoms with Gasteiger partial charge >= 0.3 is 5.97 Å². The van der Waals surface area contributed by atoms with Gasteiger partial charge in [-0.05, 0) is 18.2 Å². The fraction of sp³-hybridized carbons (Fsp3) is 0.0714. The van der Waals surface area contributed by atoms with E-state index in [4.69, 9.17) is 4.74 Å². The van der Waals surface area contributed by atoms with Crippen molar-refractivity contribution in [3.63, 3.8) is 0 Å². The normalized spacial score (nSPS) is 10.5. The van der Waals surface area contributed by atoms with Crippen LogP contribution < -0.4 is 0 Å². The van der Waals surface area contributed by atoms with E-state index in [-0.39, 0.29) is 6.61 Å². The Morgan fingerprint density at radius 1 is 1.16 bits per heavy atom. The Hall–Kier alpha value is -2.69. The molecule has 94 valence electrons. The van der Waals surface area contributed by atoms with Gasteiger partial charge in [0.2, 0.25) is 0 Å². The lowest BCUT2D eigenvalue weighted by atomic mass is 10.2. The molecule has 2 heterocycles. The molecule has 3 aromatic rings. The lowest BCUT2D eigenvalue weighted by Crippen LogP contribution is -2.07. The molecule has 0 unspecified atom stereocenters. The second-order valence-corrected chi connectivity index (χ2v) is 4.02. The summed E-state index contributed by atoms with van der Waals surface area (Å²) in [6, 6.07) is 12.9. The Kier molecular flexibility index (Phi) is 2.94. The highest BCUT2D eigenvalue weighted by Crippen LogP contribution is 2.16. The van der Waals surface area contributed by atoms with Crippen LogP contribution in [0, 0.1) is 0 Å². The minimum absolute atomic E-state index is 0.140. The molecule has 3 rings (SSSR count). The van der Waals surface area contributed by atoms with Gasteiger partial charge in [-0.2, -0.15) is 5.10 Å². The van der Waals surface area contributed by atoms with E-state index < -0.39 is 5.97 Å². The van der Waals surface area contributed by atoms with Gasteiger partial charge in [-0.3, -0.25) is 10.1 Å². The second-order valence-electron chi connectivity index (χ2n) is 4.02. The van der Waals surface area contributed by atoms with Crippen molar-refractivity contribution in [1.29, 1.82) is 0 Å². The molecule has 0 saturated carbocycles. The number of fused-ring (bicyclic) bond motifs is 1. The lowest BCUT2D eigenvalue weighted by molar-refractivity contribution is 0.0463. The maximum Gasteiger partial charge on any atom is 0.359 e. The van der Waals surface area contributed by atoms with Gasteiger partial charge in [0.1, 0.15) is 6.61 Å². The summed E-state index contributed by atoms with van der Waals surface area (Å²) in [5, 5.41) is 7.55. The summed E-state index contributed by atoms with van der Waals surface area (Å²) in [4.78, 5) is 16.0. The Balaban J connectivity index is 1.77. The predicted octanol–water partition coefficient (Wildman–Crippen LogP) is 2.31. The largest absolute Gasteiger partial charge is 0.454 e. The average molecular weight is 253 g/mol. The molecule has 5 nitrogen and oxygen atoms in total. The molecule has 0 radical (unpaired) electrons. The van der Waals surface area contributed by atoms with Crippen LogP contribution in [0.5, 0.6) is 0 Å². The zero-order valence-electron chi connectivity index (χ0n) is 10.0. The topological polar surface area (TPSA) is 67.9 Å². The first-order valence-corrected chi connectivity index (χ1v) is 5.85. The Morgan fingerprint density at radius 2 is 2.00 bits per heavy atom. The number of rotatable bonds is 3. The molecule has 0 atom stereocenters. The van der Waals surface area contributed by atoms with E-state index in [1.54, 1.807) is 12.3 Å². The molecule has 0 amide bonds. The number of esters is 1. The highest BCUT2D eigenvalue weighted by Gasteiger charge is 2.15. The van der Waals surface area contributed by atoms with Crippen LogP contribution in [0.3, 0.4) is 0 Å². The number of nitrogens with zero attached hydrogens (tertiary/aromatic N) is 2. The molecule has 1 aromatic carbocycles. The maximum atomic E-state index is 12.0. The van der Waals surface area contributed by atoms with E-state index in [0.717, 1.165) is 10.9 Å². The molecular formula is C14H11N3O2. The zero-order valence-corrected chi connectivity index (χ0v) is 10.0. The Bertz CT molecular complexity index is 707. The number of para-hydroxylation sites is 1. The summed E-state index contributed by atoms with van der Waals surface area (Å²) in [5.74, 6) is -0.455. The summed E-state index contributed by atoms with van der Waals surface area (Å²) in [6.45, 7) is 0.140. The molecule has 2 aromatic heterocycles. The van der Waals surface area contributed by atoms with Gasteiger partial charge in [-0.1, -0.05) is 24.3 Å². The van der Waals surface area contributed by atoms with Gasteiger partial charge in [0.25, 0.3) is 0 Å². The second kappa shape index (κ2) is 4.89. The summed E-state index contributed by atoms with van der Waals surface area (Å²) in [5.41, 5.74) is 1.81. The van der Waals surface area contributed by atoms with Crippen molar-refractivity contribution >= 4 is 16.9 Å². The van der Waals surface area contributed by atoms with Crippen LogP contribution in [0.1, 0.15) is 16.2 Å². The fourth-order valence-electron chi connectivity index (χ4n) is 1.81. The number of carbonyl (C=O) groups is 1. The van der Waals surface area contributed by atoms with Crippen molar-refractivity contribution in [2.75, 3.05) is 0 Å². The molecule has 0 fully saturated rings. The number of aromatic nitrogens is 3. The zero-order chi connectivity index (χ0) is 13.1. The summed E-state index contributed by atoms with van der Waals surface area (Å²) in [6.07, 6.45) is 1.66. The standard InChI is InChI=1S/C14H11N3O2/c18-14(19-9-10-5-3-4-8-15-10)13-11-6-1-2-7-12(11)16-17-13/h1-8H,9H2,(H,16,17). The first-order chi connectivity index (χ1) is 9.34. The number of H-pyrrole nitrogens is 1. The summed E-state index contributed by atoms with van der Waals surface area (Å²) >= 11 is 0. The van der Waals surface area contributed by atoms with Crippen LogP contribution in [0.4, 0.5) is 0 Å². The van der Waals surface area contributed by atoms with E-state index in [2.05, 4.69) is 15.2 Å². The van der Waals surface area contributed by atoms with Gasteiger partial charge in [0.15, 0.2) is 5.69 Å². The molecule has 0 saturated heterocycles. The first kappa shape index (κ1) is 11.4. The van der Waals surface area contributed by atoms with Crippen molar-refractivity contribution in [2.45, 2.75) is 6.61 Å². The van der Waals surface area contributed by atoms with E-state index in [1.165, 1.54) is 0 Å². The number of benzene rings is 1. The number of aromatic amines is 1. The number of ether oxygens (including phenoxy) is 1. The minimum Gasteiger partial charge on any atom is -0.454 e. The van der Waals surface area contributed by atoms with E-state index in [0.29, 0.717) is 11.4 Å². The minimum atomic E-state index is -0.455. The fourth-order valence-corrected chi connectivity index (χ4v) is 1.81. The number of hydrogen-bond donors (Lipinski definition) is 1. The van der Waals surface area contributed by atoms with Crippen molar-refractivity contribution in [3.8, 4) is 0 Å². The van der Waals surface area contributed by atoms with Crippen LogP contribution >= 0.6 is 0 Å². The monoisotopic (exact) mass is 253 g/mol. The number of pyridine rings is 1. The Morgan fingerprint density at radius 3 is 2.84 bits per heavy atom. The SMILES string of the molecule is O=C(OCc1ccccn1)c1n[nH]c2ccccc12. The van der Waals surface area contributed by atoms with Crippen molar-refractivity contribution in [1.82, 2.24) is 15.2 Å². The Labute approximate surface area is 109 Å². The van der Waals surface area contributed by atoms with Crippen LogP contribution in [0.15, 0.2) is 48.7 Å². The molecule has 0 aliphatic carbocycles. The molecule has 5 heteroatoms. The third-order valence-electron chi connectivity index (χ3n) is 2.74. The molecule has 0 aliphatic rings. The van der Waals surface area contributed by atoms with Crippen molar-refractivity contribution in [2.24, 2.45) is 0 Å². The van der Waals surface area contributed by atoms with Crippen LogP contribution in [0.25, 0.3) is 10.9 Å². The summed E-state index contributed by atoms with van der Waals surface area (Å²) < 4.78 is 5.20. The molecule has 0 bridgehead atoms. The van der Waals surface area contributed by atoms with Gasteiger partial charge in [-0.25, -0.2) is 4.79 Å². The van der Waals surface area contributed by atoms with Gasteiger partial charge < -0.3 is 4.74 Å². The molecule has 0 spiro atoms. The average Bonchev–Trinajstić information content (AvgIpc) is 2.90. The third kappa shape index (κ3) is 2.30. The highest BCUT2D eigenvalue weighted by atomic mass is 16.5. The van der Waals surface area contributed by atoms with Crippen molar-refractivity contribution in [3.05, 3.63) is 60.0 Å². The van der Waals surface area contributed by atoms with Crippen LogP contribution in [-0.2, 0) is 11.3 Å². The van der Waals surface area contributed by atoms with Gasteiger partial charge in [0, 0.05) is 11.6 Å². The number of carbonyl (C=O) groups excluding carboxylic acids is 1. The van der Waals surface area contributed by atoms with Crippen LogP contribution in [-0.4, -0.2) is 21.2 Å². The molecular weight excluding hydrogens is 242 g/mol. The maximum absolute atomic E-state index is 12.0. The smallest absolute Gasteiger partial charge is 0.359 e. The molecule has 0 aliphatic heterocycles. The van der Waals surface area contributed by atoms with Crippen LogP contribution in [0.2, 0.25) is 0 Å². The van der Waals surface area contributed by atoms with E-state index in [1.807, 2.05) is 36.4 Å². The lowest BCUT2D eigenvalue weighted by Gasteiger charge is -2.02. The quantitative estimate of drug-likeness (QED) is 0.727. The highest BCUT2D eigenvalue weighted by molar-refractivity contribution is 6.01. The number of hydrogen-bond acceptors (Lipinski definition) is 4. The molecule has 19 heavy (non-hydrogen) atoms. The third-order valence-corrected chi connectivity index (χ3v) is 2.74. The van der Waals surface area contributed by atoms with Gasteiger partial charge in [-0.15, -0.1) is 0 Å². The van der Waals surface area contributed by atoms with Gasteiger partial charge in [0.05, 0.1) is 11.2 Å². The van der Waals surface area contributed by atoms with Crippen molar-refractivity contribution < 1.29 is 9.53 Å². The first-order valence-electron chi connectivity index (χ1n) is 5.85. The van der Waals surface area contributed by atoms with E-state index >= 15 is 0 Å². The summed E-state index contributed by atoms with van der Waals surface area (Å²) in [7, 11) is 0. The predicted molar refractivity (Wildman–Crippen MR) is 69.5 cm³/mol. The molecule has 1 N–H and O–H groups in total. The van der Waals surface area contributed by atoms with E-state index in [9.17, 15) is 4.79 Å². The number of nitrogens with one attached hydrogen (secondary N) is 1.